The summed E-state index contributed by atoms with van der Waals surface area (Å²) in [4.78, 5) is 27.1. The number of phenols is 6. The van der Waals surface area contributed by atoms with E-state index in [1.807, 2.05) is 0 Å². The molecular weight excluding hydrogens is 584 g/mol. The van der Waals surface area contributed by atoms with E-state index in [-0.39, 0.29) is 80.8 Å². The van der Waals surface area contributed by atoms with E-state index in [4.69, 9.17) is 0 Å². The van der Waals surface area contributed by atoms with E-state index < -0.39 is 23.0 Å². The number of benzene rings is 4. The highest BCUT2D eigenvalue weighted by Gasteiger charge is 2.29. The molecule has 46 heavy (non-hydrogen) atoms. The summed E-state index contributed by atoms with van der Waals surface area (Å²) < 4.78 is 0. The zero-order valence-corrected chi connectivity index (χ0v) is 26.4. The van der Waals surface area contributed by atoms with Crippen molar-refractivity contribution in [1.29, 1.82) is 0 Å². The molecule has 0 spiro atoms. The van der Waals surface area contributed by atoms with Gasteiger partial charge >= 0.3 is 0 Å². The Bertz CT molecular complexity index is 1740. The highest BCUT2D eigenvalue weighted by molar-refractivity contribution is 6.16. The fourth-order valence-electron chi connectivity index (χ4n) is 7.96. The summed E-state index contributed by atoms with van der Waals surface area (Å²) in [6.45, 7) is 3.43. The number of carbonyl (C=O) groups is 2. The first-order valence-electron chi connectivity index (χ1n) is 16.5. The van der Waals surface area contributed by atoms with E-state index in [0.717, 1.165) is 64.2 Å². The maximum atomic E-state index is 13.5. The molecular formula is C38H42O8. The quantitative estimate of drug-likeness (QED) is 0.0878. The minimum absolute atomic E-state index is 0.0357. The Kier molecular flexibility index (Phi) is 8.49. The molecule has 4 aromatic rings. The molecule has 8 heteroatoms. The first-order valence-corrected chi connectivity index (χ1v) is 16.5. The molecule has 0 bridgehead atoms. The van der Waals surface area contributed by atoms with Crippen LogP contribution in [0.25, 0.3) is 32.7 Å². The lowest BCUT2D eigenvalue weighted by Crippen LogP contribution is -2.13. The average molecular weight is 627 g/mol. The second-order valence-electron chi connectivity index (χ2n) is 13.5. The van der Waals surface area contributed by atoms with E-state index in [9.17, 15) is 40.2 Å². The van der Waals surface area contributed by atoms with Crippen LogP contribution >= 0.6 is 0 Å². The summed E-state index contributed by atoms with van der Waals surface area (Å²) >= 11 is 0. The number of fused-ring (bicyclic) bond motifs is 2. The van der Waals surface area contributed by atoms with Gasteiger partial charge in [-0.3, -0.25) is 9.59 Å². The van der Waals surface area contributed by atoms with Crippen LogP contribution in [-0.4, -0.2) is 42.2 Å². The van der Waals surface area contributed by atoms with Crippen LogP contribution in [0.2, 0.25) is 0 Å². The topological polar surface area (TPSA) is 156 Å². The molecule has 0 aliphatic heterocycles. The summed E-state index contributed by atoms with van der Waals surface area (Å²) in [5, 5.41) is 67.3. The van der Waals surface area contributed by atoms with Crippen molar-refractivity contribution in [2.24, 2.45) is 11.8 Å². The number of hydrogen-bond donors (Lipinski definition) is 6. The monoisotopic (exact) mass is 626 g/mol. The number of rotatable bonds is 7. The second kappa shape index (κ2) is 12.4. The fraction of sp³-hybridized carbons (Fsp3) is 0.421. The van der Waals surface area contributed by atoms with Crippen molar-refractivity contribution >= 4 is 33.1 Å². The summed E-state index contributed by atoms with van der Waals surface area (Å²) in [6, 6.07) is 5.74. The lowest BCUT2D eigenvalue weighted by Gasteiger charge is -2.23. The van der Waals surface area contributed by atoms with Gasteiger partial charge in [-0.2, -0.15) is 0 Å². The number of ketones is 2. The van der Waals surface area contributed by atoms with Crippen molar-refractivity contribution in [2.45, 2.75) is 90.9 Å². The molecule has 4 aromatic carbocycles. The van der Waals surface area contributed by atoms with Gasteiger partial charge in [0.1, 0.15) is 11.5 Å². The number of aromatic hydroxyl groups is 6. The maximum absolute atomic E-state index is 13.5. The van der Waals surface area contributed by atoms with Crippen molar-refractivity contribution in [3.8, 4) is 45.6 Å². The molecule has 0 aromatic heterocycles. The third-order valence-corrected chi connectivity index (χ3v) is 10.3. The average Bonchev–Trinajstić information content (AvgIpc) is 3.02. The number of aryl methyl sites for hydroxylation is 2. The predicted molar refractivity (Wildman–Crippen MR) is 177 cm³/mol. The Balaban J connectivity index is 1.49. The summed E-state index contributed by atoms with van der Waals surface area (Å²) in [5.41, 5.74) is 1.40. The molecule has 0 saturated heterocycles. The van der Waals surface area contributed by atoms with E-state index in [0.29, 0.717) is 21.9 Å². The van der Waals surface area contributed by atoms with Crippen LogP contribution in [0.4, 0.5) is 0 Å². The van der Waals surface area contributed by atoms with Crippen molar-refractivity contribution < 1.29 is 40.2 Å². The predicted octanol–water partition coefficient (Wildman–Crippen LogP) is 8.82. The maximum Gasteiger partial charge on any atom is 0.169 e. The van der Waals surface area contributed by atoms with Gasteiger partial charge < -0.3 is 30.6 Å². The van der Waals surface area contributed by atoms with Crippen LogP contribution < -0.4 is 0 Å². The molecule has 2 aliphatic rings. The van der Waals surface area contributed by atoms with Gasteiger partial charge in [0.25, 0.3) is 0 Å². The minimum Gasteiger partial charge on any atom is -0.507 e. The molecule has 0 amide bonds. The molecule has 6 rings (SSSR count). The highest BCUT2D eigenvalue weighted by Crippen LogP contribution is 2.51. The molecule has 0 radical (unpaired) electrons. The van der Waals surface area contributed by atoms with E-state index >= 15 is 0 Å². The van der Waals surface area contributed by atoms with E-state index in [2.05, 4.69) is 0 Å². The smallest absolute Gasteiger partial charge is 0.169 e. The Morgan fingerprint density at radius 2 is 0.870 bits per heavy atom. The number of phenolic OH excluding ortho intramolecular Hbond substituents is 6. The molecule has 8 nitrogen and oxygen atoms in total. The van der Waals surface area contributed by atoms with Crippen LogP contribution in [-0.2, 0) is 0 Å². The summed E-state index contributed by atoms with van der Waals surface area (Å²) in [7, 11) is 0. The molecule has 6 N–H and O–H groups in total. The third kappa shape index (κ3) is 5.48. The fourth-order valence-corrected chi connectivity index (χ4v) is 7.96. The van der Waals surface area contributed by atoms with Crippen LogP contribution in [0.1, 0.15) is 109 Å². The van der Waals surface area contributed by atoms with Crippen LogP contribution in [0.5, 0.6) is 34.5 Å². The van der Waals surface area contributed by atoms with Gasteiger partial charge in [0.2, 0.25) is 0 Å². The number of carbonyl (C=O) groups excluding carboxylic acids is 2. The zero-order chi connectivity index (χ0) is 32.9. The van der Waals surface area contributed by atoms with Gasteiger partial charge in [0.15, 0.2) is 34.6 Å². The van der Waals surface area contributed by atoms with Gasteiger partial charge in [-0.1, -0.05) is 64.2 Å². The molecule has 0 heterocycles. The molecule has 0 atom stereocenters. The van der Waals surface area contributed by atoms with E-state index in [1.54, 1.807) is 26.0 Å². The van der Waals surface area contributed by atoms with Crippen molar-refractivity contribution in [2.75, 3.05) is 0 Å². The Hall–Kier alpha value is -4.46. The third-order valence-electron chi connectivity index (χ3n) is 10.3. The number of hydrogen-bond acceptors (Lipinski definition) is 8. The largest absolute Gasteiger partial charge is 0.507 e. The van der Waals surface area contributed by atoms with Gasteiger partial charge in [0.05, 0.1) is 11.1 Å². The SMILES string of the molecule is Cc1cc2c(C(=O)CC3CCCCC3)c(O)c(O)cc2c(O)c1-c1c(C)cc2c(C(=O)CC3CCCCC3)c(O)c(O)cc2c1O. The second-order valence-corrected chi connectivity index (χ2v) is 13.5. The van der Waals surface area contributed by atoms with Crippen LogP contribution in [0, 0.1) is 25.7 Å². The Morgan fingerprint density at radius 1 is 0.522 bits per heavy atom. The zero-order valence-electron chi connectivity index (χ0n) is 26.4. The Labute approximate surface area is 267 Å². The lowest BCUT2D eigenvalue weighted by atomic mass is 9.82. The molecule has 242 valence electrons. The molecule has 2 aliphatic carbocycles. The van der Waals surface area contributed by atoms with Crippen LogP contribution in [0.3, 0.4) is 0 Å². The van der Waals surface area contributed by atoms with Gasteiger partial charge in [-0.15, -0.1) is 0 Å². The van der Waals surface area contributed by atoms with Gasteiger partial charge in [0, 0.05) is 45.5 Å². The summed E-state index contributed by atoms with van der Waals surface area (Å²) in [6.07, 6.45) is 10.7. The highest BCUT2D eigenvalue weighted by atomic mass is 16.3. The molecule has 2 fully saturated rings. The van der Waals surface area contributed by atoms with Crippen molar-refractivity contribution in [3.63, 3.8) is 0 Å². The Morgan fingerprint density at radius 3 is 1.22 bits per heavy atom. The van der Waals surface area contributed by atoms with Gasteiger partial charge in [-0.25, -0.2) is 0 Å². The van der Waals surface area contributed by atoms with Crippen molar-refractivity contribution in [3.05, 3.63) is 46.5 Å². The minimum atomic E-state index is -0.537. The standard InChI is InChI=1S/C38H42O8/c1-19-13-23-25(17-29(41)37(45)33(23)27(39)15-21-9-5-3-6-10-21)35(43)31(19)32-20(2)14-24-26(36(32)44)18-30(42)38(46)34(24)28(40)16-22-11-7-4-8-12-22/h13-14,17-18,21-22,41-46H,3-12,15-16H2,1-2H3. The van der Waals surface area contributed by atoms with Gasteiger partial charge in [-0.05, 0) is 61.1 Å². The summed E-state index contributed by atoms with van der Waals surface area (Å²) in [5.74, 6) is -2.94. The normalized spacial score (nSPS) is 16.3. The first-order chi connectivity index (χ1) is 22.0. The van der Waals surface area contributed by atoms with Crippen LogP contribution in [0.15, 0.2) is 24.3 Å². The molecule has 0 unspecified atom stereocenters. The molecule has 2 saturated carbocycles. The van der Waals surface area contributed by atoms with Crippen molar-refractivity contribution in [1.82, 2.24) is 0 Å². The number of Topliss-reactive ketones (excluding diaryl/α,β-unsaturated/α-hetero) is 2. The van der Waals surface area contributed by atoms with E-state index in [1.165, 1.54) is 12.1 Å². The first kappa shape index (κ1) is 31.5. The lowest BCUT2D eigenvalue weighted by molar-refractivity contribution is 0.0940.